The molecule has 2 aromatic rings. The Bertz CT molecular complexity index is 704. The van der Waals surface area contributed by atoms with Crippen LogP contribution in [-0.2, 0) is 18.5 Å². The number of nitrogens with two attached hydrogens (primary N) is 1. The van der Waals surface area contributed by atoms with Gasteiger partial charge in [0.1, 0.15) is 11.3 Å². The molecule has 2 heterocycles. The van der Waals surface area contributed by atoms with Gasteiger partial charge in [-0.2, -0.15) is 0 Å². The van der Waals surface area contributed by atoms with Gasteiger partial charge in [-0.15, -0.1) is 0 Å². The number of rotatable bonds is 3. The van der Waals surface area contributed by atoms with E-state index in [1.54, 1.807) is 7.11 Å². The van der Waals surface area contributed by atoms with Crippen LogP contribution in [0.4, 0.5) is 0 Å². The van der Waals surface area contributed by atoms with Crippen molar-refractivity contribution in [3.8, 4) is 5.75 Å². The lowest BCUT2D eigenvalue weighted by Gasteiger charge is -2.33. The number of benzene rings is 1. The second kappa shape index (κ2) is 5.52. The second-order valence-electron chi connectivity index (χ2n) is 6.61. The number of aromatic nitrogens is 1. The predicted molar refractivity (Wildman–Crippen MR) is 90.2 cm³/mol. The van der Waals surface area contributed by atoms with Gasteiger partial charge in [0.05, 0.1) is 7.11 Å². The van der Waals surface area contributed by atoms with Crippen LogP contribution in [-0.4, -0.2) is 30.1 Å². The van der Waals surface area contributed by atoms with Crippen molar-refractivity contribution >= 4 is 10.9 Å². The highest BCUT2D eigenvalue weighted by Crippen LogP contribution is 2.36. The van der Waals surface area contributed by atoms with E-state index in [2.05, 4.69) is 31.7 Å². The molecular weight excluding hydrogens is 274 g/mol. The number of ether oxygens (including phenoxy) is 1. The molecule has 0 amide bonds. The minimum absolute atomic E-state index is 0.408. The Morgan fingerprint density at radius 3 is 2.77 bits per heavy atom. The highest BCUT2D eigenvalue weighted by atomic mass is 16.5. The van der Waals surface area contributed by atoms with Gasteiger partial charge in [-0.05, 0) is 37.6 Å². The standard InChI is InChI=1S/C18H25N3O/c1-5-21-10-9-14-13(11-21)16(18(2,3)19)12-7-6-8-15(22-4)17(12)20-14/h6-8H,5,9-11,19H2,1-4H3. The van der Waals surface area contributed by atoms with Crippen LogP contribution in [0, 0.1) is 0 Å². The molecule has 0 spiro atoms. The minimum atomic E-state index is -0.408. The molecule has 0 unspecified atom stereocenters. The summed E-state index contributed by atoms with van der Waals surface area (Å²) < 4.78 is 5.51. The Kier molecular flexibility index (Phi) is 3.83. The molecule has 1 aromatic heterocycles. The molecule has 0 bridgehead atoms. The number of likely N-dealkylation sites (N-methyl/N-ethyl adjacent to an activating group) is 1. The fraction of sp³-hybridized carbons (Fsp3) is 0.500. The van der Waals surface area contributed by atoms with Gasteiger partial charge in [0.2, 0.25) is 0 Å². The summed E-state index contributed by atoms with van der Waals surface area (Å²) in [5.74, 6) is 0.823. The lowest BCUT2D eigenvalue weighted by Crippen LogP contribution is -2.36. The summed E-state index contributed by atoms with van der Waals surface area (Å²) in [5, 5.41) is 1.11. The van der Waals surface area contributed by atoms with Crippen molar-refractivity contribution in [3.05, 3.63) is 35.0 Å². The monoisotopic (exact) mass is 299 g/mol. The van der Waals surface area contributed by atoms with Crippen molar-refractivity contribution in [2.24, 2.45) is 5.73 Å². The molecule has 1 aliphatic heterocycles. The average Bonchev–Trinajstić information content (AvgIpc) is 2.50. The maximum Gasteiger partial charge on any atom is 0.145 e. The van der Waals surface area contributed by atoms with Crippen LogP contribution >= 0.6 is 0 Å². The number of hydrogen-bond donors (Lipinski definition) is 1. The van der Waals surface area contributed by atoms with Gasteiger partial charge in [-0.1, -0.05) is 19.1 Å². The zero-order valence-electron chi connectivity index (χ0n) is 13.9. The zero-order valence-corrected chi connectivity index (χ0v) is 13.9. The first-order valence-corrected chi connectivity index (χ1v) is 7.96. The molecule has 3 rings (SSSR count). The van der Waals surface area contributed by atoms with E-state index in [0.29, 0.717) is 0 Å². The number of fused-ring (bicyclic) bond motifs is 2. The number of para-hydroxylation sites is 1. The summed E-state index contributed by atoms with van der Waals surface area (Å²) >= 11 is 0. The average molecular weight is 299 g/mol. The Morgan fingerprint density at radius 2 is 2.14 bits per heavy atom. The second-order valence-corrected chi connectivity index (χ2v) is 6.61. The van der Waals surface area contributed by atoms with Gasteiger partial charge in [0.15, 0.2) is 0 Å². The van der Waals surface area contributed by atoms with E-state index < -0.39 is 5.54 Å². The van der Waals surface area contributed by atoms with Gasteiger partial charge in [-0.3, -0.25) is 4.90 Å². The van der Waals surface area contributed by atoms with Gasteiger partial charge < -0.3 is 10.5 Å². The summed E-state index contributed by atoms with van der Waals surface area (Å²) in [6.07, 6.45) is 0.972. The van der Waals surface area contributed by atoms with E-state index in [1.807, 2.05) is 12.1 Å². The summed E-state index contributed by atoms with van der Waals surface area (Å²) in [6, 6.07) is 6.10. The van der Waals surface area contributed by atoms with Gasteiger partial charge in [-0.25, -0.2) is 4.98 Å². The molecule has 0 aliphatic carbocycles. The van der Waals surface area contributed by atoms with Crippen LogP contribution in [0.5, 0.6) is 5.75 Å². The molecule has 22 heavy (non-hydrogen) atoms. The Balaban J connectivity index is 2.34. The van der Waals surface area contributed by atoms with E-state index in [-0.39, 0.29) is 0 Å². The van der Waals surface area contributed by atoms with E-state index in [1.165, 1.54) is 16.8 Å². The van der Waals surface area contributed by atoms with Gasteiger partial charge >= 0.3 is 0 Å². The van der Waals surface area contributed by atoms with Gasteiger partial charge in [0, 0.05) is 36.1 Å². The normalized spacial score (nSPS) is 15.9. The molecule has 4 nitrogen and oxygen atoms in total. The smallest absolute Gasteiger partial charge is 0.145 e. The number of pyridine rings is 1. The van der Waals surface area contributed by atoms with Crippen LogP contribution in [0.15, 0.2) is 18.2 Å². The van der Waals surface area contributed by atoms with Crippen LogP contribution in [0.2, 0.25) is 0 Å². The molecular formula is C18H25N3O. The van der Waals surface area contributed by atoms with Crippen LogP contribution in [0.1, 0.15) is 37.6 Å². The third-order valence-corrected chi connectivity index (χ3v) is 4.52. The Hall–Kier alpha value is -1.65. The van der Waals surface area contributed by atoms with Gasteiger partial charge in [0.25, 0.3) is 0 Å². The Labute approximate surface area is 132 Å². The largest absolute Gasteiger partial charge is 0.494 e. The molecule has 0 saturated heterocycles. The zero-order chi connectivity index (χ0) is 15.9. The predicted octanol–water partition coefficient (Wildman–Crippen LogP) is 2.82. The molecule has 118 valence electrons. The SMILES string of the molecule is CCN1CCc2nc3c(OC)cccc3c(C(C)(C)N)c2C1. The topological polar surface area (TPSA) is 51.4 Å². The summed E-state index contributed by atoms with van der Waals surface area (Å²) in [6.45, 7) is 9.40. The molecule has 0 atom stereocenters. The van der Waals surface area contributed by atoms with Crippen molar-refractivity contribution < 1.29 is 4.74 Å². The Morgan fingerprint density at radius 1 is 1.36 bits per heavy atom. The molecule has 1 aromatic carbocycles. The highest BCUT2D eigenvalue weighted by Gasteiger charge is 2.28. The summed E-state index contributed by atoms with van der Waals surface area (Å²) in [4.78, 5) is 7.37. The molecule has 0 saturated carbocycles. The first-order chi connectivity index (χ1) is 10.5. The minimum Gasteiger partial charge on any atom is -0.494 e. The quantitative estimate of drug-likeness (QED) is 0.947. The molecule has 2 N–H and O–H groups in total. The number of nitrogens with zero attached hydrogens (tertiary/aromatic N) is 2. The maximum atomic E-state index is 6.54. The molecule has 4 heteroatoms. The van der Waals surface area contributed by atoms with Crippen LogP contribution in [0.3, 0.4) is 0 Å². The highest BCUT2D eigenvalue weighted by molar-refractivity contribution is 5.89. The van der Waals surface area contributed by atoms with E-state index in [9.17, 15) is 0 Å². The lowest BCUT2D eigenvalue weighted by atomic mass is 9.85. The molecule has 1 aliphatic rings. The van der Waals surface area contributed by atoms with Crippen molar-refractivity contribution in [2.75, 3.05) is 20.2 Å². The molecule has 0 radical (unpaired) electrons. The number of hydrogen-bond acceptors (Lipinski definition) is 4. The van der Waals surface area contributed by atoms with Crippen molar-refractivity contribution in [1.29, 1.82) is 0 Å². The van der Waals surface area contributed by atoms with Crippen LogP contribution in [0.25, 0.3) is 10.9 Å². The fourth-order valence-corrected chi connectivity index (χ4v) is 3.46. The first-order valence-electron chi connectivity index (χ1n) is 7.96. The fourth-order valence-electron chi connectivity index (χ4n) is 3.46. The maximum absolute atomic E-state index is 6.54. The van der Waals surface area contributed by atoms with E-state index >= 15 is 0 Å². The summed E-state index contributed by atoms with van der Waals surface area (Å²) in [5.41, 5.74) is 10.8. The first kappa shape index (κ1) is 15.3. The third-order valence-electron chi connectivity index (χ3n) is 4.52. The van der Waals surface area contributed by atoms with E-state index in [4.69, 9.17) is 15.5 Å². The van der Waals surface area contributed by atoms with Crippen molar-refractivity contribution in [2.45, 2.75) is 39.3 Å². The van der Waals surface area contributed by atoms with Crippen molar-refractivity contribution in [3.63, 3.8) is 0 Å². The molecule has 0 fully saturated rings. The lowest BCUT2D eigenvalue weighted by molar-refractivity contribution is 0.263. The van der Waals surface area contributed by atoms with Crippen LogP contribution < -0.4 is 10.5 Å². The van der Waals surface area contributed by atoms with Crippen molar-refractivity contribution in [1.82, 2.24) is 9.88 Å². The number of methoxy groups -OCH3 is 1. The third kappa shape index (κ3) is 2.46. The van der Waals surface area contributed by atoms with E-state index in [0.717, 1.165) is 42.7 Å². The summed E-state index contributed by atoms with van der Waals surface area (Å²) in [7, 11) is 1.70.